The zero-order chi connectivity index (χ0) is 17.6. The van der Waals surface area contributed by atoms with Crippen LogP contribution in [0.4, 0.5) is 5.69 Å². The van der Waals surface area contributed by atoms with Crippen molar-refractivity contribution in [1.29, 1.82) is 0 Å². The summed E-state index contributed by atoms with van der Waals surface area (Å²) in [4.78, 5) is 27.9. The predicted molar refractivity (Wildman–Crippen MR) is 98.2 cm³/mol. The van der Waals surface area contributed by atoms with E-state index in [1.165, 1.54) is 11.8 Å². The van der Waals surface area contributed by atoms with E-state index in [9.17, 15) is 9.59 Å². The van der Waals surface area contributed by atoms with Gasteiger partial charge in [0, 0.05) is 16.1 Å². The summed E-state index contributed by atoms with van der Waals surface area (Å²) in [5.74, 6) is 1.62. The molecule has 2 aromatic rings. The van der Waals surface area contributed by atoms with E-state index in [-0.39, 0.29) is 29.9 Å². The molecule has 25 heavy (non-hydrogen) atoms. The largest absolute Gasteiger partial charge is 0.346 e. The first-order valence-corrected chi connectivity index (χ1v) is 9.77. The van der Waals surface area contributed by atoms with Gasteiger partial charge >= 0.3 is 0 Å². The lowest BCUT2D eigenvalue weighted by Crippen LogP contribution is -2.25. The maximum absolute atomic E-state index is 11.8. The second-order valence-corrected chi connectivity index (χ2v) is 7.55. The molecule has 132 valence electrons. The van der Waals surface area contributed by atoms with E-state index in [0.717, 1.165) is 23.1 Å². The number of nitrogens with zero attached hydrogens (tertiary/aromatic N) is 2. The fraction of sp³-hybridized carbons (Fsp3) is 0.375. The molecule has 0 unspecified atom stereocenters. The average Bonchev–Trinajstić information content (AvgIpc) is 3.31. The van der Waals surface area contributed by atoms with Crippen molar-refractivity contribution in [1.82, 2.24) is 15.5 Å². The number of amides is 2. The second-order valence-electron chi connectivity index (χ2n) is 5.65. The summed E-state index contributed by atoms with van der Waals surface area (Å²) in [5, 5.41) is 9.38. The predicted octanol–water partition coefficient (Wildman–Crippen LogP) is 2.70. The lowest BCUT2D eigenvalue weighted by molar-refractivity contribution is -0.118. The summed E-state index contributed by atoms with van der Waals surface area (Å²) >= 11 is 4.59. The van der Waals surface area contributed by atoms with E-state index in [1.807, 2.05) is 18.2 Å². The number of thioether (sulfide) groups is 1. The SMILES string of the molecule is O=C(CSCC(=O)Nc1cccc(Br)c1)NCc1nc(C2CC2)no1. The van der Waals surface area contributed by atoms with Gasteiger partial charge in [0.1, 0.15) is 0 Å². The molecular weight excluding hydrogens is 408 g/mol. The first-order valence-electron chi connectivity index (χ1n) is 7.82. The summed E-state index contributed by atoms with van der Waals surface area (Å²) in [5.41, 5.74) is 0.715. The third-order valence-electron chi connectivity index (χ3n) is 3.44. The zero-order valence-electron chi connectivity index (χ0n) is 13.3. The van der Waals surface area contributed by atoms with Crippen LogP contribution < -0.4 is 10.6 Å². The number of halogens is 1. The molecule has 2 N–H and O–H groups in total. The summed E-state index contributed by atoms with van der Waals surface area (Å²) in [7, 11) is 0. The lowest BCUT2D eigenvalue weighted by Gasteiger charge is -2.05. The molecule has 1 aromatic heterocycles. The Labute approximate surface area is 157 Å². The zero-order valence-corrected chi connectivity index (χ0v) is 15.7. The molecule has 2 amide bonds. The second kappa shape index (κ2) is 8.48. The molecule has 7 nitrogen and oxygen atoms in total. The van der Waals surface area contributed by atoms with E-state index in [4.69, 9.17) is 4.52 Å². The van der Waals surface area contributed by atoms with E-state index in [0.29, 0.717) is 17.5 Å². The first kappa shape index (κ1) is 17.9. The Hall–Kier alpha value is -1.87. The molecule has 1 aliphatic rings. The summed E-state index contributed by atoms with van der Waals surface area (Å²) < 4.78 is 5.98. The molecule has 0 radical (unpaired) electrons. The van der Waals surface area contributed by atoms with Crippen LogP contribution in [-0.4, -0.2) is 33.5 Å². The molecule has 0 spiro atoms. The first-order chi connectivity index (χ1) is 12.1. The molecule has 1 aliphatic carbocycles. The fourth-order valence-corrected chi connectivity index (χ4v) is 3.12. The number of benzene rings is 1. The Bertz CT molecular complexity index is 763. The third-order valence-corrected chi connectivity index (χ3v) is 4.86. The average molecular weight is 425 g/mol. The van der Waals surface area contributed by atoms with Crippen molar-refractivity contribution in [3.05, 3.63) is 40.5 Å². The summed E-state index contributed by atoms with van der Waals surface area (Å²) in [6, 6.07) is 7.34. The van der Waals surface area contributed by atoms with Crippen LogP contribution >= 0.6 is 27.7 Å². The van der Waals surface area contributed by atoms with Crippen molar-refractivity contribution in [2.24, 2.45) is 0 Å². The van der Waals surface area contributed by atoms with E-state index < -0.39 is 0 Å². The molecular formula is C16H17BrN4O3S. The number of hydrogen-bond acceptors (Lipinski definition) is 6. The van der Waals surface area contributed by atoms with E-state index in [2.05, 4.69) is 36.7 Å². The molecule has 1 aromatic carbocycles. The van der Waals surface area contributed by atoms with Gasteiger partial charge in [-0.25, -0.2) is 0 Å². The molecule has 3 rings (SSSR count). The van der Waals surface area contributed by atoms with Gasteiger partial charge in [-0.15, -0.1) is 11.8 Å². The molecule has 0 saturated heterocycles. The van der Waals surface area contributed by atoms with Gasteiger partial charge in [-0.1, -0.05) is 27.2 Å². The standard InChI is InChI=1S/C16H17BrN4O3S/c17-11-2-1-3-12(6-11)19-14(23)9-25-8-13(22)18-7-15-20-16(21-24-15)10-4-5-10/h1-3,6,10H,4-5,7-9H2,(H,18,22)(H,19,23). The van der Waals surface area contributed by atoms with Gasteiger partial charge in [-0.3, -0.25) is 9.59 Å². The number of anilines is 1. The van der Waals surface area contributed by atoms with E-state index in [1.54, 1.807) is 6.07 Å². The van der Waals surface area contributed by atoms with Gasteiger partial charge in [-0.05, 0) is 31.0 Å². The molecule has 0 aliphatic heterocycles. The number of rotatable bonds is 8. The number of hydrogen-bond donors (Lipinski definition) is 2. The molecule has 0 bridgehead atoms. The number of aromatic nitrogens is 2. The van der Waals surface area contributed by atoms with Gasteiger partial charge in [-0.2, -0.15) is 4.98 Å². The van der Waals surface area contributed by atoms with Crippen molar-refractivity contribution in [2.75, 3.05) is 16.8 Å². The maximum atomic E-state index is 11.8. The Morgan fingerprint density at radius 3 is 2.84 bits per heavy atom. The summed E-state index contributed by atoms with van der Waals surface area (Å²) in [6.07, 6.45) is 2.20. The highest BCUT2D eigenvalue weighted by Crippen LogP contribution is 2.38. The van der Waals surface area contributed by atoms with Crippen LogP contribution in [0.2, 0.25) is 0 Å². The van der Waals surface area contributed by atoms with Gasteiger partial charge in [0.2, 0.25) is 17.7 Å². The number of carbonyl (C=O) groups is 2. The van der Waals surface area contributed by atoms with Crippen LogP contribution in [0.15, 0.2) is 33.3 Å². The minimum atomic E-state index is -0.175. The van der Waals surface area contributed by atoms with Crippen molar-refractivity contribution in [3.8, 4) is 0 Å². The summed E-state index contributed by atoms with van der Waals surface area (Å²) in [6.45, 7) is 0.212. The van der Waals surface area contributed by atoms with Crippen LogP contribution in [0.5, 0.6) is 0 Å². The number of nitrogens with one attached hydrogen (secondary N) is 2. The van der Waals surface area contributed by atoms with E-state index >= 15 is 0 Å². The van der Waals surface area contributed by atoms with Crippen molar-refractivity contribution >= 4 is 45.2 Å². The minimum absolute atomic E-state index is 0.151. The Kier molecular flexibility index (Phi) is 6.09. The topological polar surface area (TPSA) is 97.1 Å². The highest BCUT2D eigenvalue weighted by Gasteiger charge is 2.28. The maximum Gasteiger partial charge on any atom is 0.246 e. The molecule has 1 fully saturated rings. The van der Waals surface area contributed by atoms with Crippen LogP contribution in [0, 0.1) is 0 Å². The van der Waals surface area contributed by atoms with Crippen LogP contribution in [0.25, 0.3) is 0 Å². The highest BCUT2D eigenvalue weighted by molar-refractivity contribution is 9.10. The van der Waals surface area contributed by atoms with Gasteiger partial charge in [0.25, 0.3) is 0 Å². The van der Waals surface area contributed by atoms with Crippen LogP contribution in [-0.2, 0) is 16.1 Å². The van der Waals surface area contributed by atoms with Gasteiger partial charge in [0.05, 0.1) is 18.1 Å². The minimum Gasteiger partial charge on any atom is -0.346 e. The molecule has 1 heterocycles. The van der Waals surface area contributed by atoms with Crippen molar-refractivity contribution in [2.45, 2.75) is 25.3 Å². The smallest absolute Gasteiger partial charge is 0.246 e. The van der Waals surface area contributed by atoms with Crippen molar-refractivity contribution < 1.29 is 14.1 Å². The van der Waals surface area contributed by atoms with Crippen LogP contribution in [0.3, 0.4) is 0 Å². The quantitative estimate of drug-likeness (QED) is 0.675. The number of carbonyl (C=O) groups excluding carboxylic acids is 2. The highest BCUT2D eigenvalue weighted by atomic mass is 79.9. The normalized spacial score (nSPS) is 13.5. The molecule has 1 saturated carbocycles. The third kappa shape index (κ3) is 5.86. The fourth-order valence-electron chi connectivity index (χ4n) is 2.07. The Morgan fingerprint density at radius 2 is 2.08 bits per heavy atom. The monoisotopic (exact) mass is 424 g/mol. The van der Waals surface area contributed by atoms with Gasteiger partial charge < -0.3 is 15.2 Å². The van der Waals surface area contributed by atoms with Crippen molar-refractivity contribution in [3.63, 3.8) is 0 Å². The molecule has 9 heteroatoms. The molecule has 0 atom stereocenters. The van der Waals surface area contributed by atoms with Gasteiger partial charge in [0.15, 0.2) is 5.82 Å². The Morgan fingerprint density at radius 1 is 1.28 bits per heavy atom. The Balaban J connectivity index is 1.32. The van der Waals surface area contributed by atoms with Crippen LogP contribution in [0.1, 0.15) is 30.5 Å². The lowest BCUT2D eigenvalue weighted by atomic mass is 10.3.